The smallest absolute Gasteiger partial charge is 0.290 e. The van der Waals surface area contributed by atoms with Gasteiger partial charge in [0.05, 0.1) is 11.3 Å². The average molecular weight is 352 g/mol. The predicted octanol–water partition coefficient (Wildman–Crippen LogP) is 1.52. The van der Waals surface area contributed by atoms with Gasteiger partial charge in [-0.3, -0.25) is 25.2 Å². The maximum absolute atomic E-state index is 12.2. The quantitative estimate of drug-likeness (QED) is 0.695. The Kier molecular flexibility index (Phi) is 4.66. The first-order valence-electron chi connectivity index (χ1n) is 7.79. The zero-order valence-electron chi connectivity index (χ0n) is 14.1. The van der Waals surface area contributed by atoms with E-state index in [1.54, 1.807) is 50.2 Å². The SMILES string of the molecule is Cc1cc(C(=O)NNC(=O)c2ccc(=O)n(-c3ccccc3)n2)c(C)o1. The van der Waals surface area contributed by atoms with Crippen molar-refractivity contribution >= 4 is 11.8 Å². The van der Waals surface area contributed by atoms with Crippen LogP contribution in [0, 0.1) is 13.8 Å². The fourth-order valence-corrected chi connectivity index (χ4v) is 2.39. The Morgan fingerprint density at radius 3 is 2.35 bits per heavy atom. The third-order valence-electron chi connectivity index (χ3n) is 3.61. The van der Waals surface area contributed by atoms with Gasteiger partial charge in [0, 0.05) is 6.07 Å². The lowest BCUT2D eigenvalue weighted by Gasteiger charge is -2.08. The molecule has 2 aromatic heterocycles. The summed E-state index contributed by atoms with van der Waals surface area (Å²) in [5.74, 6) is -0.120. The van der Waals surface area contributed by atoms with Gasteiger partial charge in [-0.05, 0) is 38.1 Å². The number of aryl methyl sites for hydroxylation is 2. The molecule has 8 heteroatoms. The fourth-order valence-electron chi connectivity index (χ4n) is 2.39. The van der Waals surface area contributed by atoms with Crippen molar-refractivity contribution in [2.45, 2.75) is 13.8 Å². The van der Waals surface area contributed by atoms with Crippen LogP contribution in [0.15, 0.2) is 57.7 Å². The van der Waals surface area contributed by atoms with E-state index in [9.17, 15) is 14.4 Å². The van der Waals surface area contributed by atoms with E-state index in [2.05, 4.69) is 16.0 Å². The van der Waals surface area contributed by atoms with Crippen LogP contribution >= 0.6 is 0 Å². The number of nitrogens with one attached hydrogen (secondary N) is 2. The van der Waals surface area contributed by atoms with E-state index in [0.29, 0.717) is 22.8 Å². The molecule has 0 saturated heterocycles. The molecule has 0 fully saturated rings. The van der Waals surface area contributed by atoms with Crippen molar-refractivity contribution in [3.63, 3.8) is 0 Å². The molecule has 132 valence electrons. The number of amides is 2. The third kappa shape index (κ3) is 3.54. The molecule has 0 spiro atoms. The zero-order chi connectivity index (χ0) is 18.7. The van der Waals surface area contributed by atoms with Crippen LogP contribution in [-0.2, 0) is 0 Å². The molecule has 8 nitrogen and oxygen atoms in total. The number of para-hydroxylation sites is 1. The summed E-state index contributed by atoms with van der Waals surface area (Å²) in [6.07, 6.45) is 0. The van der Waals surface area contributed by atoms with Gasteiger partial charge >= 0.3 is 0 Å². The number of carbonyl (C=O) groups excluding carboxylic acids is 2. The van der Waals surface area contributed by atoms with E-state index < -0.39 is 11.8 Å². The van der Waals surface area contributed by atoms with Gasteiger partial charge in [0.2, 0.25) is 0 Å². The molecule has 0 bridgehead atoms. The molecule has 0 radical (unpaired) electrons. The molecule has 0 unspecified atom stereocenters. The number of hydrogen-bond acceptors (Lipinski definition) is 5. The number of carbonyl (C=O) groups is 2. The van der Waals surface area contributed by atoms with Gasteiger partial charge in [-0.25, -0.2) is 0 Å². The van der Waals surface area contributed by atoms with Gasteiger partial charge in [0.15, 0.2) is 5.69 Å². The van der Waals surface area contributed by atoms with E-state index in [1.807, 2.05) is 0 Å². The topological polar surface area (TPSA) is 106 Å². The summed E-state index contributed by atoms with van der Waals surface area (Å²) in [6, 6.07) is 12.8. The van der Waals surface area contributed by atoms with Crippen molar-refractivity contribution in [1.29, 1.82) is 0 Å². The number of rotatable bonds is 3. The second-order valence-electron chi connectivity index (χ2n) is 5.54. The number of furan rings is 1. The Labute approximate surface area is 148 Å². The molecule has 0 aliphatic rings. The first kappa shape index (κ1) is 17.2. The molecule has 2 N–H and O–H groups in total. The Balaban J connectivity index is 1.75. The first-order chi connectivity index (χ1) is 12.5. The first-order valence-corrected chi connectivity index (χ1v) is 7.79. The van der Waals surface area contributed by atoms with Gasteiger partial charge in [0.1, 0.15) is 11.5 Å². The average Bonchev–Trinajstić information content (AvgIpc) is 2.99. The highest BCUT2D eigenvalue weighted by atomic mass is 16.3. The molecule has 3 aromatic rings. The molecular formula is C18H16N4O4. The van der Waals surface area contributed by atoms with Gasteiger partial charge in [-0.15, -0.1) is 0 Å². The standard InChI is InChI=1S/C18H16N4O4/c1-11-10-14(12(2)26-11)17(24)19-20-18(25)15-8-9-16(23)22(21-15)13-6-4-3-5-7-13/h3-10H,1-2H3,(H,19,24)(H,20,25). The highest BCUT2D eigenvalue weighted by Crippen LogP contribution is 2.12. The van der Waals surface area contributed by atoms with Crippen molar-refractivity contribution in [3.05, 3.63) is 81.7 Å². The lowest BCUT2D eigenvalue weighted by Crippen LogP contribution is -2.42. The molecule has 3 rings (SSSR count). The maximum Gasteiger partial charge on any atom is 0.290 e. The van der Waals surface area contributed by atoms with E-state index in [4.69, 9.17) is 4.42 Å². The van der Waals surface area contributed by atoms with Crippen LogP contribution in [0.4, 0.5) is 0 Å². The summed E-state index contributed by atoms with van der Waals surface area (Å²) in [7, 11) is 0. The summed E-state index contributed by atoms with van der Waals surface area (Å²) >= 11 is 0. The monoisotopic (exact) mass is 352 g/mol. The summed E-state index contributed by atoms with van der Waals surface area (Å²) in [4.78, 5) is 36.3. The Hall–Kier alpha value is -3.68. The number of benzene rings is 1. The molecular weight excluding hydrogens is 336 g/mol. The highest BCUT2D eigenvalue weighted by Gasteiger charge is 2.16. The molecule has 0 aliphatic carbocycles. The van der Waals surface area contributed by atoms with E-state index in [-0.39, 0.29) is 11.3 Å². The summed E-state index contributed by atoms with van der Waals surface area (Å²) in [5.41, 5.74) is 5.03. The minimum atomic E-state index is -0.652. The molecule has 0 aliphatic heterocycles. The largest absolute Gasteiger partial charge is 0.466 e. The maximum atomic E-state index is 12.2. The van der Waals surface area contributed by atoms with Crippen molar-refractivity contribution in [2.24, 2.45) is 0 Å². The van der Waals surface area contributed by atoms with Crippen LogP contribution in [0.25, 0.3) is 5.69 Å². The second-order valence-corrected chi connectivity index (χ2v) is 5.54. The summed E-state index contributed by atoms with van der Waals surface area (Å²) in [5, 5.41) is 4.04. The van der Waals surface area contributed by atoms with Gasteiger partial charge < -0.3 is 4.42 Å². The van der Waals surface area contributed by atoms with Crippen LogP contribution in [-0.4, -0.2) is 21.6 Å². The fraction of sp³-hybridized carbons (Fsp3) is 0.111. The molecule has 2 heterocycles. The number of hydrogen-bond donors (Lipinski definition) is 2. The number of aromatic nitrogens is 2. The number of nitrogens with zero attached hydrogens (tertiary/aromatic N) is 2. The molecule has 26 heavy (non-hydrogen) atoms. The molecule has 1 aromatic carbocycles. The lowest BCUT2D eigenvalue weighted by atomic mass is 10.2. The normalized spacial score (nSPS) is 10.4. The lowest BCUT2D eigenvalue weighted by molar-refractivity contribution is 0.0842. The van der Waals surface area contributed by atoms with E-state index >= 15 is 0 Å². The van der Waals surface area contributed by atoms with Crippen LogP contribution in [0.2, 0.25) is 0 Å². The molecule has 0 saturated carbocycles. The highest BCUT2D eigenvalue weighted by molar-refractivity contribution is 5.98. The van der Waals surface area contributed by atoms with Gasteiger partial charge in [-0.1, -0.05) is 18.2 Å². The zero-order valence-corrected chi connectivity index (χ0v) is 14.1. The predicted molar refractivity (Wildman–Crippen MR) is 92.9 cm³/mol. The van der Waals surface area contributed by atoms with Crippen LogP contribution in [0.3, 0.4) is 0 Å². The molecule has 0 atom stereocenters. The van der Waals surface area contributed by atoms with Crippen molar-refractivity contribution in [1.82, 2.24) is 20.6 Å². The van der Waals surface area contributed by atoms with E-state index in [0.717, 1.165) is 4.68 Å². The van der Waals surface area contributed by atoms with Crippen LogP contribution < -0.4 is 16.4 Å². The minimum absolute atomic E-state index is 0.0196. The number of hydrazine groups is 1. The Bertz CT molecular complexity index is 1020. The molecule has 2 amide bonds. The van der Waals surface area contributed by atoms with E-state index in [1.165, 1.54) is 12.1 Å². The second kappa shape index (κ2) is 7.06. The van der Waals surface area contributed by atoms with Gasteiger partial charge in [-0.2, -0.15) is 9.78 Å². The Morgan fingerprint density at radius 1 is 1.00 bits per heavy atom. The van der Waals surface area contributed by atoms with Crippen molar-refractivity contribution in [2.75, 3.05) is 0 Å². The summed E-state index contributed by atoms with van der Waals surface area (Å²) in [6.45, 7) is 3.38. The van der Waals surface area contributed by atoms with Crippen molar-refractivity contribution in [3.8, 4) is 5.69 Å². The van der Waals surface area contributed by atoms with Crippen LogP contribution in [0.1, 0.15) is 32.4 Å². The van der Waals surface area contributed by atoms with Crippen LogP contribution in [0.5, 0.6) is 0 Å². The summed E-state index contributed by atoms with van der Waals surface area (Å²) < 4.78 is 6.39. The van der Waals surface area contributed by atoms with Gasteiger partial charge in [0.25, 0.3) is 17.4 Å². The third-order valence-corrected chi connectivity index (χ3v) is 3.61. The minimum Gasteiger partial charge on any atom is -0.466 e. The van der Waals surface area contributed by atoms with Crippen molar-refractivity contribution < 1.29 is 14.0 Å². The Morgan fingerprint density at radius 2 is 1.69 bits per heavy atom.